The average Bonchev–Trinajstić information content (AvgIpc) is 2.85. The van der Waals surface area contributed by atoms with Gasteiger partial charge in [0, 0.05) is 19.2 Å². The fourth-order valence-electron chi connectivity index (χ4n) is 2.75. The van der Waals surface area contributed by atoms with Gasteiger partial charge in [-0.3, -0.25) is 9.69 Å². The summed E-state index contributed by atoms with van der Waals surface area (Å²) >= 11 is 0. The predicted molar refractivity (Wildman–Crippen MR) is 60.3 cm³/mol. The Kier molecular flexibility index (Phi) is 3.22. The van der Waals surface area contributed by atoms with Crippen LogP contribution in [0.5, 0.6) is 0 Å². The Bertz CT molecular complexity index is 275. The Morgan fingerprint density at radius 3 is 2.88 bits per heavy atom. The number of ether oxygens (including phenoxy) is 1. The van der Waals surface area contributed by atoms with Gasteiger partial charge in [0.2, 0.25) is 0 Å². The minimum atomic E-state index is -0.662. The van der Waals surface area contributed by atoms with Gasteiger partial charge >= 0.3 is 5.97 Å². The molecule has 0 aromatic rings. The highest BCUT2D eigenvalue weighted by Gasteiger charge is 2.43. The molecule has 2 saturated heterocycles. The summed E-state index contributed by atoms with van der Waals surface area (Å²) in [5, 5.41) is 9.19. The molecule has 0 radical (unpaired) electrons. The first-order valence-corrected chi connectivity index (χ1v) is 6.08. The molecule has 2 aliphatic heterocycles. The van der Waals surface area contributed by atoms with Crippen LogP contribution in [0.15, 0.2) is 0 Å². The first-order valence-electron chi connectivity index (χ1n) is 6.08. The summed E-state index contributed by atoms with van der Waals surface area (Å²) in [6.45, 7) is 7.33. The van der Waals surface area contributed by atoms with Gasteiger partial charge in [-0.1, -0.05) is 0 Å². The maximum atomic E-state index is 11.2. The zero-order valence-electron chi connectivity index (χ0n) is 10.1. The van der Waals surface area contributed by atoms with E-state index in [2.05, 4.69) is 11.8 Å². The van der Waals surface area contributed by atoms with Gasteiger partial charge in [-0.05, 0) is 39.2 Å². The van der Waals surface area contributed by atoms with Crippen LogP contribution in [-0.4, -0.2) is 48.3 Å². The van der Waals surface area contributed by atoms with Crippen LogP contribution in [-0.2, 0) is 9.53 Å². The molecule has 16 heavy (non-hydrogen) atoms. The van der Waals surface area contributed by atoms with E-state index in [1.807, 2.05) is 6.92 Å². The van der Waals surface area contributed by atoms with Gasteiger partial charge in [0.25, 0.3) is 0 Å². The lowest BCUT2D eigenvalue weighted by Gasteiger charge is -2.29. The maximum absolute atomic E-state index is 11.2. The van der Waals surface area contributed by atoms with Crippen LogP contribution >= 0.6 is 0 Å². The molecule has 1 N–H and O–H groups in total. The Balaban J connectivity index is 1.95. The zero-order chi connectivity index (χ0) is 11.8. The first kappa shape index (κ1) is 11.9. The molecule has 4 heteroatoms. The molecule has 0 saturated carbocycles. The van der Waals surface area contributed by atoms with Crippen molar-refractivity contribution in [3.8, 4) is 0 Å². The van der Waals surface area contributed by atoms with Crippen molar-refractivity contribution in [2.45, 2.75) is 32.7 Å². The van der Waals surface area contributed by atoms with E-state index in [0.717, 1.165) is 32.6 Å². The second-order valence-corrected chi connectivity index (χ2v) is 5.45. The van der Waals surface area contributed by atoms with Crippen molar-refractivity contribution in [3.05, 3.63) is 0 Å². The summed E-state index contributed by atoms with van der Waals surface area (Å²) in [6, 6.07) is 0.448. The monoisotopic (exact) mass is 227 g/mol. The SMILES string of the molecule is CC(C1CCOC1)N1CCC(C)(C(=O)O)C1. The van der Waals surface area contributed by atoms with Gasteiger partial charge < -0.3 is 9.84 Å². The smallest absolute Gasteiger partial charge is 0.310 e. The highest BCUT2D eigenvalue weighted by Crippen LogP contribution is 2.33. The molecule has 0 spiro atoms. The molecule has 0 bridgehead atoms. The predicted octanol–water partition coefficient (Wildman–Crippen LogP) is 1.21. The lowest BCUT2D eigenvalue weighted by Crippen LogP contribution is -2.40. The molecule has 2 fully saturated rings. The highest BCUT2D eigenvalue weighted by molar-refractivity contribution is 5.74. The molecule has 0 amide bonds. The van der Waals surface area contributed by atoms with Crippen molar-refractivity contribution in [3.63, 3.8) is 0 Å². The average molecular weight is 227 g/mol. The minimum Gasteiger partial charge on any atom is -0.481 e. The molecule has 0 aromatic heterocycles. The normalized spacial score (nSPS) is 37.8. The molecular formula is C12H21NO3. The second kappa shape index (κ2) is 4.34. The number of carboxylic acids is 1. The third-order valence-electron chi connectivity index (χ3n) is 4.24. The van der Waals surface area contributed by atoms with E-state index < -0.39 is 11.4 Å². The van der Waals surface area contributed by atoms with Gasteiger partial charge in [0.05, 0.1) is 12.0 Å². The van der Waals surface area contributed by atoms with Crippen molar-refractivity contribution >= 4 is 5.97 Å². The van der Waals surface area contributed by atoms with E-state index in [9.17, 15) is 9.90 Å². The fourth-order valence-corrected chi connectivity index (χ4v) is 2.75. The van der Waals surface area contributed by atoms with Gasteiger partial charge in [0.15, 0.2) is 0 Å². The summed E-state index contributed by atoms with van der Waals surface area (Å²) in [4.78, 5) is 13.5. The number of carbonyl (C=O) groups is 1. The summed E-state index contributed by atoms with van der Waals surface area (Å²) in [6.07, 6.45) is 1.88. The van der Waals surface area contributed by atoms with Crippen molar-refractivity contribution in [1.29, 1.82) is 0 Å². The Hall–Kier alpha value is -0.610. The molecule has 0 aliphatic carbocycles. The third kappa shape index (κ3) is 2.09. The number of aliphatic carboxylic acids is 1. The standard InChI is InChI=1S/C12H21NO3/c1-9(10-3-6-16-7-10)13-5-4-12(2,8-13)11(14)15/h9-10H,3-8H2,1-2H3,(H,14,15). The number of likely N-dealkylation sites (tertiary alicyclic amines) is 1. The quantitative estimate of drug-likeness (QED) is 0.787. The van der Waals surface area contributed by atoms with Gasteiger partial charge in [-0.15, -0.1) is 0 Å². The van der Waals surface area contributed by atoms with Gasteiger partial charge in [-0.25, -0.2) is 0 Å². The molecule has 2 rings (SSSR count). The molecule has 0 aromatic carbocycles. The van der Waals surface area contributed by atoms with E-state index in [-0.39, 0.29) is 0 Å². The second-order valence-electron chi connectivity index (χ2n) is 5.45. The Morgan fingerprint density at radius 1 is 1.62 bits per heavy atom. The number of hydrogen-bond donors (Lipinski definition) is 1. The van der Waals surface area contributed by atoms with Crippen LogP contribution in [0.1, 0.15) is 26.7 Å². The van der Waals surface area contributed by atoms with Crippen molar-refractivity contribution < 1.29 is 14.6 Å². The summed E-state index contributed by atoms with van der Waals surface area (Å²) in [7, 11) is 0. The summed E-state index contributed by atoms with van der Waals surface area (Å²) in [5.74, 6) is -0.0824. The molecule has 2 heterocycles. The summed E-state index contributed by atoms with van der Waals surface area (Å²) in [5.41, 5.74) is -0.548. The molecule has 3 unspecified atom stereocenters. The van der Waals surface area contributed by atoms with E-state index in [0.29, 0.717) is 18.5 Å². The van der Waals surface area contributed by atoms with E-state index >= 15 is 0 Å². The highest BCUT2D eigenvalue weighted by atomic mass is 16.5. The molecule has 92 valence electrons. The van der Waals surface area contributed by atoms with Crippen LogP contribution < -0.4 is 0 Å². The molecule has 4 nitrogen and oxygen atoms in total. The lowest BCUT2D eigenvalue weighted by molar-refractivity contribution is -0.147. The Labute approximate surface area is 96.6 Å². The van der Waals surface area contributed by atoms with E-state index in [4.69, 9.17) is 4.74 Å². The van der Waals surface area contributed by atoms with Crippen LogP contribution in [0, 0.1) is 11.3 Å². The van der Waals surface area contributed by atoms with Crippen LogP contribution in [0.4, 0.5) is 0 Å². The van der Waals surface area contributed by atoms with Crippen LogP contribution in [0.3, 0.4) is 0 Å². The number of hydrogen-bond acceptors (Lipinski definition) is 3. The minimum absolute atomic E-state index is 0.448. The van der Waals surface area contributed by atoms with Crippen LogP contribution in [0.25, 0.3) is 0 Å². The van der Waals surface area contributed by atoms with E-state index in [1.165, 1.54) is 0 Å². The first-order chi connectivity index (χ1) is 7.53. The number of carboxylic acid groups (broad SMARTS) is 1. The molecule has 3 atom stereocenters. The topological polar surface area (TPSA) is 49.8 Å². The van der Waals surface area contributed by atoms with Gasteiger partial charge in [-0.2, -0.15) is 0 Å². The van der Waals surface area contributed by atoms with Crippen LogP contribution in [0.2, 0.25) is 0 Å². The Morgan fingerprint density at radius 2 is 2.38 bits per heavy atom. The maximum Gasteiger partial charge on any atom is 0.310 e. The largest absolute Gasteiger partial charge is 0.481 e. The fraction of sp³-hybridized carbons (Fsp3) is 0.917. The third-order valence-corrected chi connectivity index (χ3v) is 4.24. The van der Waals surface area contributed by atoms with Crippen molar-refractivity contribution in [2.24, 2.45) is 11.3 Å². The van der Waals surface area contributed by atoms with Gasteiger partial charge in [0.1, 0.15) is 0 Å². The summed E-state index contributed by atoms with van der Waals surface area (Å²) < 4.78 is 5.39. The van der Waals surface area contributed by atoms with E-state index in [1.54, 1.807) is 0 Å². The molecule has 2 aliphatic rings. The van der Waals surface area contributed by atoms with Crippen molar-refractivity contribution in [1.82, 2.24) is 4.90 Å². The molecular weight excluding hydrogens is 206 g/mol. The van der Waals surface area contributed by atoms with Crippen molar-refractivity contribution in [2.75, 3.05) is 26.3 Å². The number of nitrogens with zero attached hydrogens (tertiary/aromatic N) is 1. The zero-order valence-corrected chi connectivity index (χ0v) is 10.1. The lowest BCUT2D eigenvalue weighted by atomic mass is 9.90. The number of rotatable bonds is 3.